The fraction of sp³-hybridized carbons (Fsp3) is 0.250. The third-order valence-corrected chi connectivity index (χ3v) is 6.22. The fourth-order valence-corrected chi connectivity index (χ4v) is 5.18. The Morgan fingerprint density at radius 3 is 3.09 bits per heavy atom. The number of rotatable bonds is 4. The molecule has 2 aromatic heterocycles. The Morgan fingerprint density at radius 2 is 2.22 bits per heavy atom. The summed E-state index contributed by atoms with van der Waals surface area (Å²) in [5.41, 5.74) is 2.47. The number of nitrogens with zero attached hydrogens (tertiary/aromatic N) is 3. The van der Waals surface area contributed by atoms with E-state index in [4.69, 9.17) is 0 Å². The molecule has 0 saturated heterocycles. The molecule has 0 atom stereocenters. The SMILES string of the molecule is O=[N+]([O-])c1cccc(CSc2ncnc3sc4c(c23)CCC4)c1. The van der Waals surface area contributed by atoms with Crippen LogP contribution in [0.2, 0.25) is 0 Å². The van der Waals surface area contributed by atoms with E-state index in [9.17, 15) is 10.1 Å². The number of benzene rings is 1. The standard InChI is InChI=1S/C16H13N3O2S2/c20-19(21)11-4-1-3-10(7-11)8-22-15-14-12-5-2-6-13(12)23-16(14)18-9-17-15/h1,3-4,7,9H,2,5-6,8H2. The van der Waals surface area contributed by atoms with Crippen LogP contribution in [-0.4, -0.2) is 14.9 Å². The van der Waals surface area contributed by atoms with Crippen molar-refractivity contribution in [3.63, 3.8) is 0 Å². The molecular weight excluding hydrogens is 330 g/mol. The largest absolute Gasteiger partial charge is 0.269 e. The van der Waals surface area contributed by atoms with Crippen molar-refractivity contribution in [3.8, 4) is 0 Å². The van der Waals surface area contributed by atoms with Gasteiger partial charge >= 0.3 is 0 Å². The van der Waals surface area contributed by atoms with E-state index in [2.05, 4.69) is 9.97 Å². The molecule has 116 valence electrons. The number of aryl methyl sites for hydroxylation is 2. The smallest absolute Gasteiger partial charge is 0.258 e. The number of hydrogen-bond donors (Lipinski definition) is 0. The molecule has 0 saturated carbocycles. The fourth-order valence-electron chi connectivity index (χ4n) is 2.92. The molecule has 7 heteroatoms. The summed E-state index contributed by atoms with van der Waals surface area (Å²) in [5, 5.41) is 13.1. The molecule has 1 aromatic carbocycles. The number of nitro benzene ring substituents is 1. The summed E-state index contributed by atoms with van der Waals surface area (Å²) in [7, 11) is 0. The Labute approximate surface area is 140 Å². The molecule has 0 bridgehead atoms. The van der Waals surface area contributed by atoms with Gasteiger partial charge in [0.1, 0.15) is 16.2 Å². The van der Waals surface area contributed by atoms with E-state index in [1.807, 2.05) is 6.07 Å². The van der Waals surface area contributed by atoms with Crippen LogP contribution in [-0.2, 0) is 18.6 Å². The third-order valence-electron chi connectivity index (χ3n) is 3.96. The van der Waals surface area contributed by atoms with E-state index in [1.54, 1.807) is 41.6 Å². The minimum atomic E-state index is -0.358. The van der Waals surface area contributed by atoms with E-state index in [0.717, 1.165) is 28.3 Å². The lowest BCUT2D eigenvalue weighted by Gasteiger charge is -2.04. The van der Waals surface area contributed by atoms with Crippen LogP contribution in [0.5, 0.6) is 0 Å². The molecule has 5 nitrogen and oxygen atoms in total. The lowest BCUT2D eigenvalue weighted by Crippen LogP contribution is -1.91. The normalized spacial score (nSPS) is 13.4. The van der Waals surface area contributed by atoms with Crippen LogP contribution >= 0.6 is 23.1 Å². The monoisotopic (exact) mass is 343 g/mol. The van der Waals surface area contributed by atoms with Crippen molar-refractivity contribution in [1.29, 1.82) is 0 Å². The van der Waals surface area contributed by atoms with Crippen LogP contribution in [0.25, 0.3) is 10.2 Å². The summed E-state index contributed by atoms with van der Waals surface area (Å²) in [4.78, 5) is 21.9. The summed E-state index contributed by atoms with van der Waals surface area (Å²) >= 11 is 3.40. The molecular formula is C16H13N3O2S2. The average molecular weight is 343 g/mol. The van der Waals surface area contributed by atoms with E-state index in [-0.39, 0.29) is 10.6 Å². The first-order chi connectivity index (χ1) is 11.2. The van der Waals surface area contributed by atoms with Gasteiger partial charge in [-0.05, 0) is 30.4 Å². The average Bonchev–Trinajstić information content (AvgIpc) is 3.13. The molecule has 0 N–H and O–H groups in total. The van der Waals surface area contributed by atoms with E-state index < -0.39 is 0 Å². The van der Waals surface area contributed by atoms with Crippen LogP contribution in [0, 0.1) is 10.1 Å². The molecule has 1 aliphatic carbocycles. The number of fused-ring (bicyclic) bond motifs is 3. The number of non-ortho nitro benzene ring substituents is 1. The van der Waals surface area contributed by atoms with Gasteiger partial charge in [0, 0.05) is 28.1 Å². The summed E-state index contributed by atoms with van der Waals surface area (Å²) in [6, 6.07) is 6.79. The molecule has 0 radical (unpaired) electrons. The molecule has 0 spiro atoms. The van der Waals surface area contributed by atoms with Crippen molar-refractivity contribution in [2.45, 2.75) is 30.0 Å². The molecule has 2 heterocycles. The predicted octanol–water partition coefficient (Wildman–Crippen LogP) is 4.38. The highest BCUT2D eigenvalue weighted by molar-refractivity contribution is 7.98. The van der Waals surface area contributed by atoms with Gasteiger partial charge in [0.05, 0.1) is 4.92 Å². The van der Waals surface area contributed by atoms with Crippen molar-refractivity contribution >= 4 is 39.0 Å². The van der Waals surface area contributed by atoms with Gasteiger partial charge in [0.25, 0.3) is 5.69 Å². The maximum absolute atomic E-state index is 10.9. The number of aromatic nitrogens is 2. The first-order valence-corrected chi connectivity index (χ1v) is 9.14. The summed E-state index contributed by atoms with van der Waals surface area (Å²) in [6.07, 6.45) is 5.07. The lowest BCUT2D eigenvalue weighted by molar-refractivity contribution is -0.384. The summed E-state index contributed by atoms with van der Waals surface area (Å²) < 4.78 is 0. The zero-order valence-corrected chi connectivity index (χ0v) is 13.8. The summed E-state index contributed by atoms with van der Waals surface area (Å²) in [6.45, 7) is 0. The highest BCUT2D eigenvalue weighted by atomic mass is 32.2. The van der Waals surface area contributed by atoms with Crippen LogP contribution < -0.4 is 0 Å². The number of thiophene rings is 1. The Hall–Kier alpha value is -1.99. The number of nitro groups is 1. The Bertz CT molecular complexity index is 907. The molecule has 0 unspecified atom stereocenters. The maximum atomic E-state index is 10.9. The Balaban J connectivity index is 1.63. The first kappa shape index (κ1) is 14.6. The highest BCUT2D eigenvalue weighted by Crippen LogP contribution is 2.40. The topological polar surface area (TPSA) is 68.9 Å². The van der Waals surface area contributed by atoms with E-state index >= 15 is 0 Å². The molecule has 4 rings (SSSR count). The van der Waals surface area contributed by atoms with Crippen molar-refractivity contribution < 1.29 is 4.92 Å². The minimum absolute atomic E-state index is 0.132. The van der Waals surface area contributed by atoms with Gasteiger partial charge in [-0.2, -0.15) is 0 Å². The Kier molecular flexibility index (Phi) is 3.74. The lowest BCUT2D eigenvalue weighted by atomic mass is 10.2. The van der Waals surface area contributed by atoms with Crippen molar-refractivity contribution in [3.05, 3.63) is 56.7 Å². The second kappa shape index (κ2) is 5.90. The van der Waals surface area contributed by atoms with Gasteiger partial charge in [-0.25, -0.2) is 9.97 Å². The molecule has 23 heavy (non-hydrogen) atoms. The third kappa shape index (κ3) is 2.70. The van der Waals surface area contributed by atoms with E-state index in [1.165, 1.54) is 28.3 Å². The molecule has 0 amide bonds. The van der Waals surface area contributed by atoms with E-state index in [0.29, 0.717) is 5.75 Å². The van der Waals surface area contributed by atoms with Crippen molar-refractivity contribution in [2.75, 3.05) is 0 Å². The van der Waals surface area contributed by atoms with Crippen molar-refractivity contribution in [1.82, 2.24) is 9.97 Å². The van der Waals surface area contributed by atoms with Gasteiger partial charge in [0.15, 0.2) is 0 Å². The molecule has 0 aliphatic heterocycles. The Morgan fingerprint density at radius 1 is 1.30 bits per heavy atom. The summed E-state index contributed by atoms with van der Waals surface area (Å²) in [5.74, 6) is 0.665. The van der Waals surface area contributed by atoms with Gasteiger partial charge in [0.2, 0.25) is 0 Å². The van der Waals surface area contributed by atoms with Crippen LogP contribution in [0.3, 0.4) is 0 Å². The number of hydrogen-bond acceptors (Lipinski definition) is 6. The highest BCUT2D eigenvalue weighted by Gasteiger charge is 2.21. The van der Waals surface area contributed by atoms with Crippen LogP contribution in [0.4, 0.5) is 5.69 Å². The van der Waals surface area contributed by atoms with Crippen LogP contribution in [0.1, 0.15) is 22.4 Å². The van der Waals surface area contributed by atoms with Crippen molar-refractivity contribution in [2.24, 2.45) is 0 Å². The predicted molar refractivity (Wildman–Crippen MR) is 92.1 cm³/mol. The zero-order valence-electron chi connectivity index (χ0n) is 12.2. The first-order valence-electron chi connectivity index (χ1n) is 7.34. The quantitative estimate of drug-likeness (QED) is 0.304. The van der Waals surface area contributed by atoms with Gasteiger partial charge in [-0.3, -0.25) is 10.1 Å². The molecule has 0 fully saturated rings. The second-order valence-electron chi connectivity index (χ2n) is 5.43. The van der Waals surface area contributed by atoms with Crippen LogP contribution in [0.15, 0.2) is 35.6 Å². The maximum Gasteiger partial charge on any atom is 0.269 e. The van der Waals surface area contributed by atoms with Gasteiger partial charge < -0.3 is 0 Å². The van der Waals surface area contributed by atoms with Gasteiger partial charge in [-0.15, -0.1) is 23.1 Å². The molecule has 1 aliphatic rings. The second-order valence-corrected chi connectivity index (χ2v) is 7.48. The molecule has 3 aromatic rings. The minimum Gasteiger partial charge on any atom is -0.258 e. The zero-order chi connectivity index (χ0) is 15.8. The number of thioether (sulfide) groups is 1. The van der Waals surface area contributed by atoms with Gasteiger partial charge in [-0.1, -0.05) is 12.1 Å².